The molecule has 0 spiro atoms. The van der Waals surface area contributed by atoms with E-state index < -0.39 is 11.7 Å². The summed E-state index contributed by atoms with van der Waals surface area (Å²) in [5.74, 6) is 0.954. The summed E-state index contributed by atoms with van der Waals surface area (Å²) < 4.78 is 40.8. The summed E-state index contributed by atoms with van der Waals surface area (Å²) in [5.41, 5.74) is 5.96. The highest BCUT2D eigenvalue weighted by atomic mass is 19.4. The number of hydrogen-bond donors (Lipinski definition) is 0. The maximum atomic E-state index is 12.9. The second-order valence-electron chi connectivity index (χ2n) is 8.18. The summed E-state index contributed by atoms with van der Waals surface area (Å²) in [5, 5.41) is 9.25. The first kappa shape index (κ1) is 23.2. The van der Waals surface area contributed by atoms with Crippen molar-refractivity contribution >= 4 is 16.7 Å². The first-order valence-electron chi connectivity index (χ1n) is 10.9. The van der Waals surface area contributed by atoms with Crippen LogP contribution in [0.4, 0.5) is 13.2 Å². The molecule has 0 fully saturated rings. The van der Waals surface area contributed by atoms with E-state index in [1.807, 2.05) is 50.2 Å². The van der Waals surface area contributed by atoms with Gasteiger partial charge < -0.3 is 4.57 Å². The Labute approximate surface area is 196 Å². The number of benzene rings is 2. The van der Waals surface area contributed by atoms with Gasteiger partial charge in [0.2, 0.25) is 0 Å². The molecule has 0 aliphatic heterocycles. The summed E-state index contributed by atoms with van der Waals surface area (Å²) >= 11 is 0. The van der Waals surface area contributed by atoms with Gasteiger partial charge in [0, 0.05) is 18.2 Å². The quantitative estimate of drug-likeness (QED) is 0.314. The molecule has 0 amide bonds. The monoisotopic (exact) mass is 460 g/mol. The second kappa shape index (κ2) is 9.14. The molecule has 4 nitrogen and oxygen atoms in total. The third kappa shape index (κ3) is 4.58. The van der Waals surface area contributed by atoms with Gasteiger partial charge in [-0.15, -0.1) is 0 Å². The Kier molecular flexibility index (Phi) is 6.25. The summed E-state index contributed by atoms with van der Waals surface area (Å²) in [6, 6.07) is 16.5. The zero-order valence-electron chi connectivity index (χ0n) is 19.1. The molecule has 0 aliphatic carbocycles. The van der Waals surface area contributed by atoms with Crippen molar-refractivity contribution in [3.05, 3.63) is 100 Å². The van der Waals surface area contributed by atoms with E-state index in [0.29, 0.717) is 17.7 Å². The lowest BCUT2D eigenvalue weighted by Crippen LogP contribution is -2.06. The second-order valence-corrected chi connectivity index (χ2v) is 8.18. The summed E-state index contributed by atoms with van der Waals surface area (Å²) in [6.07, 6.45) is -2.28. The molecule has 0 N–H and O–H groups in total. The molecule has 34 heavy (non-hydrogen) atoms. The Morgan fingerprint density at radius 2 is 1.62 bits per heavy atom. The van der Waals surface area contributed by atoms with Crippen molar-refractivity contribution in [2.45, 2.75) is 39.9 Å². The summed E-state index contributed by atoms with van der Waals surface area (Å²) in [4.78, 5) is 9.49. The molecule has 0 aliphatic rings. The number of nitriles is 1. The summed E-state index contributed by atoms with van der Waals surface area (Å²) in [7, 11) is 0. The number of nitrogens with zero attached hydrogens (tertiary/aromatic N) is 4. The van der Waals surface area contributed by atoms with Crippen LogP contribution in [0.25, 0.3) is 16.7 Å². The number of pyridine rings is 1. The van der Waals surface area contributed by atoms with Crippen LogP contribution in [0, 0.1) is 25.2 Å². The maximum absolute atomic E-state index is 12.9. The number of allylic oxidation sites excluding steroid dienone is 1. The first-order chi connectivity index (χ1) is 16.2. The van der Waals surface area contributed by atoms with E-state index in [1.54, 1.807) is 0 Å². The molecule has 0 atom stereocenters. The normalized spacial score (nSPS) is 12.2. The standard InChI is InChI=1S/C27H23F3N4/c1-4-24-33-25-17(2)15-18(3)32-26(25)34(24)16-19-5-7-20(8-6-19)23(13-14-31)21-9-11-22(12-10-21)27(28,29)30/h5-13,15H,4,16H2,1-3H3. The van der Waals surface area contributed by atoms with E-state index in [4.69, 9.17) is 9.97 Å². The highest BCUT2D eigenvalue weighted by molar-refractivity contribution is 5.81. The Balaban J connectivity index is 1.65. The van der Waals surface area contributed by atoms with Crippen LogP contribution in [-0.4, -0.2) is 14.5 Å². The minimum absolute atomic E-state index is 0.548. The predicted octanol–water partition coefficient (Wildman–Crippen LogP) is 6.63. The number of halogens is 3. The number of alkyl halides is 3. The highest BCUT2D eigenvalue weighted by Crippen LogP contribution is 2.31. The Hall–Kier alpha value is -3.92. The first-order valence-corrected chi connectivity index (χ1v) is 10.9. The van der Waals surface area contributed by atoms with Gasteiger partial charge in [0.25, 0.3) is 0 Å². The Bertz CT molecular complexity index is 1400. The molecule has 0 saturated carbocycles. The molecule has 7 heteroatoms. The van der Waals surface area contributed by atoms with Crippen molar-refractivity contribution in [1.29, 1.82) is 5.26 Å². The lowest BCUT2D eigenvalue weighted by molar-refractivity contribution is -0.137. The summed E-state index contributed by atoms with van der Waals surface area (Å²) in [6.45, 7) is 6.65. The largest absolute Gasteiger partial charge is 0.416 e. The highest BCUT2D eigenvalue weighted by Gasteiger charge is 2.30. The van der Waals surface area contributed by atoms with E-state index in [0.717, 1.165) is 57.9 Å². The van der Waals surface area contributed by atoms with Crippen LogP contribution in [0.2, 0.25) is 0 Å². The molecule has 2 aromatic carbocycles. The number of hydrogen-bond acceptors (Lipinski definition) is 3. The van der Waals surface area contributed by atoms with Crippen LogP contribution in [0.3, 0.4) is 0 Å². The fourth-order valence-corrected chi connectivity index (χ4v) is 4.09. The number of imidazole rings is 1. The molecular formula is C27H23F3N4. The molecule has 0 unspecified atom stereocenters. The van der Waals surface area contributed by atoms with Crippen LogP contribution in [0.15, 0.2) is 60.7 Å². The smallest absolute Gasteiger partial charge is 0.308 e. The van der Waals surface area contributed by atoms with E-state index in [2.05, 4.69) is 11.5 Å². The maximum Gasteiger partial charge on any atom is 0.416 e. The SMILES string of the molecule is CCc1nc2c(C)cc(C)nc2n1Cc1ccc(C(=CC#N)c2ccc(C(F)(F)F)cc2)cc1. The molecule has 4 aromatic rings. The van der Waals surface area contributed by atoms with Gasteiger partial charge in [0.15, 0.2) is 5.65 Å². The van der Waals surface area contributed by atoms with E-state index in [-0.39, 0.29) is 0 Å². The number of aromatic nitrogens is 3. The fraction of sp³-hybridized carbons (Fsp3) is 0.222. The number of aryl methyl sites for hydroxylation is 3. The zero-order valence-corrected chi connectivity index (χ0v) is 19.1. The van der Waals surface area contributed by atoms with Crippen molar-refractivity contribution in [1.82, 2.24) is 14.5 Å². The van der Waals surface area contributed by atoms with E-state index in [9.17, 15) is 18.4 Å². The van der Waals surface area contributed by atoms with Gasteiger partial charge in [-0.2, -0.15) is 18.4 Å². The minimum Gasteiger partial charge on any atom is -0.308 e. The van der Waals surface area contributed by atoms with Crippen LogP contribution < -0.4 is 0 Å². The van der Waals surface area contributed by atoms with Crippen molar-refractivity contribution in [2.24, 2.45) is 0 Å². The molecule has 172 valence electrons. The topological polar surface area (TPSA) is 54.5 Å². The van der Waals surface area contributed by atoms with Crippen molar-refractivity contribution in [3.63, 3.8) is 0 Å². The molecule has 0 saturated heterocycles. The van der Waals surface area contributed by atoms with Gasteiger partial charge in [-0.3, -0.25) is 0 Å². The lowest BCUT2D eigenvalue weighted by Gasteiger charge is -2.12. The molecule has 4 rings (SSSR count). The minimum atomic E-state index is -4.40. The van der Waals surface area contributed by atoms with Crippen LogP contribution in [0.1, 0.15) is 46.3 Å². The molecule has 2 heterocycles. The van der Waals surface area contributed by atoms with Crippen molar-refractivity contribution in [3.8, 4) is 6.07 Å². The lowest BCUT2D eigenvalue weighted by atomic mass is 9.96. The van der Waals surface area contributed by atoms with Gasteiger partial charge in [0.05, 0.1) is 18.2 Å². The van der Waals surface area contributed by atoms with Crippen molar-refractivity contribution < 1.29 is 13.2 Å². The average Bonchev–Trinajstić information content (AvgIpc) is 3.15. The molecule has 2 aromatic heterocycles. The van der Waals surface area contributed by atoms with Crippen LogP contribution >= 0.6 is 0 Å². The Morgan fingerprint density at radius 3 is 2.18 bits per heavy atom. The predicted molar refractivity (Wildman–Crippen MR) is 126 cm³/mol. The van der Waals surface area contributed by atoms with E-state index >= 15 is 0 Å². The molecular weight excluding hydrogens is 437 g/mol. The van der Waals surface area contributed by atoms with Gasteiger partial charge in [-0.05, 0) is 59.9 Å². The third-order valence-corrected chi connectivity index (χ3v) is 5.76. The molecule has 0 bridgehead atoms. The number of rotatable bonds is 5. The van der Waals surface area contributed by atoms with Crippen molar-refractivity contribution in [2.75, 3.05) is 0 Å². The fourth-order valence-electron chi connectivity index (χ4n) is 4.09. The van der Waals surface area contributed by atoms with E-state index in [1.165, 1.54) is 18.2 Å². The van der Waals surface area contributed by atoms with Crippen LogP contribution in [0.5, 0.6) is 0 Å². The van der Waals surface area contributed by atoms with Gasteiger partial charge >= 0.3 is 6.18 Å². The van der Waals surface area contributed by atoms with Gasteiger partial charge in [-0.1, -0.05) is 43.3 Å². The van der Waals surface area contributed by atoms with Gasteiger partial charge in [-0.25, -0.2) is 9.97 Å². The van der Waals surface area contributed by atoms with Gasteiger partial charge in [0.1, 0.15) is 11.3 Å². The van der Waals surface area contributed by atoms with Crippen LogP contribution in [-0.2, 0) is 19.1 Å². The third-order valence-electron chi connectivity index (χ3n) is 5.76. The molecule has 0 radical (unpaired) electrons. The average molecular weight is 461 g/mol. The Morgan fingerprint density at radius 1 is 1.00 bits per heavy atom. The zero-order chi connectivity index (χ0) is 24.5. The number of fused-ring (bicyclic) bond motifs is 1.